The van der Waals surface area contributed by atoms with Gasteiger partial charge < -0.3 is 4.74 Å². The highest BCUT2D eigenvalue weighted by Gasteiger charge is 2.30. The lowest BCUT2D eigenvalue weighted by atomic mass is 9.89. The number of hydrogen-bond acceptors (Lipinski definition) is 2. The minimum absolute atomic E-state index is 0.00338. The fourth-order valence-corrected chi connectivity index (χ4v) is 1.65. The molecule has 0 aromatic carbocycles. The summed E-state index contributed by atoms with van der Waals surface area (Å²) in [4.78, 5) is 11.3. The summed E-state index contributed by atoms with van der Waals surface area (Å²) in [7, 11) is 0. The number of rotatable bonds is 2. The van der Waals surface area contributed by atoms with Crippen LogP contribution < -0.4 is 0 Å². The van der Waals surface area contributed by atoms with Gasteiger partial charge in [-0.25, -0.2) is 0 Å². The van der Waals surface area contributed by atoms with Crippen LogP contribution in [0.3, 0.4) is 0 Å². The van der Waals surface area contributed by atoms with Crippen LogP contribution in [-0.2, 0) is 9.53 Å². The van der Waals surface area contributed by atoms with Crippen LogP contribution in [-0.4, -0.2) is 12.1 Å². The Bertz CT molecular complexity index is 208. The van der Waals surface area contributed by atoms with Crippen LogP contribution >= 0.6 is 0 Å². The van der Waals surface area contributed by atoms with E-state index in [2.05, 4.69) is 19.9 Å². The quantitative estimate of drug-likeness (QED) is 0.484. The monoisotopic (exact) mass is 182 g/mol. The fraction of sp³-hybridized carbons (Fsp3) is 0.727. The molecule has 2 heteroatoms. The van der Waals surface area contributed by atoms with Gasteiger partial charge >= 0.3 is 5.97 Å². The Morgan fingerprint density at radius 2 is 2.23 bits per heavy atom. The summed E-state index contributed by atoms with van der Waals surface area (Å²) < 4.78 is 5.29. The van der Waals surface area contributed by atoms with Gasteiger partial charge in [0.05, 0.1) is 5.92 Å². The molecule has 1 rings (SSSR count). The van der Waals surface area contributed by atoms with Gasteiger partial charge in [0.15, 0.2) is 0 Å². The van der Waals surface area contributed by atoms with Gasteiger partial charge in [-0.1, -0.05) is 26.8 Å². The number of allylic oxidation sites excluding steroid dienone is 1. The predicted molar refractivity (Wildman–Crippen MR) is 52.3 cm³/mol. The number of cyclic esters (lactones) is 1. The second-order valence-corrected chi connectivity index (χ2v) is 3.85. The van der Waals surface area contributed by atoms with Crippen LogP contribution in [0.2, 0.25) is 0 Å². The molecule has 1 unspecified atom stereocenters. The molecular formula is C11H18O2. The van der Waals surface area contributed by atoms with Crippen molar-refractivity contribution in [2.75, 3.05) is 0 Å². The molecule has 0 spiro atoms. The van der Waals surface area contributed by atoms with E-state index in [-0.39, 0.29) is 18.0 Å². The Morgan fingerprint density at radius 1 is 1.54 bits per heavy atom. The zero-order chi connectivity index (χ0) is 9.84. The van der Waals surface area contributed by atoms with E-state index >= 15 is 0 Å². The van der Waals surface area contributed by atoms with Crippen molar-refractivity contribution in [2.45, 2.75) is 39.7 Å². The second-order valence-electron chi connectivity index (χ2n) is 3.85. The van der Waals surface area contributed by atoms with Crippen LogP contribution in [0.25, 0.3) is 0 Å². The highest BCUT2D eigenvalue weighted by molar-refractivity contribution is 5.73. The standard InChI is InChI=1S/C11H18O2/c1-4-5-6-10-8(2)7-9(3)11(12)13-10/h5-6,8-10H,4,7H2,1-3H3/b6-5-/t8-,9-,10?/m1/s1. The summed E-state index contributed by atoms with van der Waals surface area (Å²) in [6.45, 7) is 6.14. The van der Waals surface area contributed by atoms with Crippen molar-refractivity contribution < 1.29 is 9.53 Å². The van der Waals surface area contributed by atoms with Gasteiger partial charge in [0.1, 0.15) is 6.10 Å². The van der Waals surface area contributed by atoms with Crippen molar-refractivity contribution in [1.82, 2.24) is 0 Å². The van der Waals surface area contributed by atoms with Crippen LogP contribution in [0.5, 0.6) is 0 Å². The molecule has 1 fully saturated rings. The van der Waals surface area contributed by atoms with Crippen molar-refractivity contribution >= 4 is 5.97 Å². The first-order chi connectivity index (χ1) is 6.15. The number of esters is 1. The summed E-state index contributed by atoms with van der Waals surface area (Å²) in [6, 6.07) is 0. The van der Waals surface area contributed by atoms with Gasteiger partial charge in [0.2, 0.25) is 0 Å². The Morgan fingerprint density at radius 3 is 2.85 bits per heavy atom. The summed E-state index contributed by atoms with van der Waals surface area (Å²) in [5, 5.41) is 0. The third-order valence-corrected chi connectivity index (χ3v) is 2.50. The van der Waals surface area contributed by atoms with Crippen LogP contribution in [0.1, 0.15) is 33.6 Å². The zero-order valence-corrected chi connectivity index (χ0v) is 8.62. The lowest BCUT2D eigenvalue weighted by Gasteiger charge is -2.30. The number of carbonyl (C=O) groups excluding carboxylic acids is 1. The molecule has 0 radical (unpaired) electrons. The normalized spacial score (nSPS) is 35.0. The van der Waals surface area contributed by atoms with Gasteiger partial charge in [0, 0.05) is 0 Å². The first-order valence-corrected chi connectivity index (χ1v) is 5.02. The molecule has 0 bridgehead atoms. The van der Waals surface area contributed by atoms with Gasteiger partial charge in [-0.05, 0) is 24.8 Å². The fourth-order valence-electron chi connectivity index (χ4n) is 1.65. The molecule has 1 saturated heterocycles. The Kier molecular flexibility index (Phi) is 3.52. The van der Waals surface area contributed by atoms with Crippen molar-refractivity contribution in [3.8, 4) is 0 Å². The number of carbonyl (C=O) groups is 1. The molecule has 13 heavy (non-hydrogen) atoms. The van der Waals surface area contributed by atoms with E-state index in [1.54, 1.807) is 0 Å². The van der Waals surface area contributed by atoms with Gasteiger partial charge in [-0.15, -0.1) is 0 Å². The molecule has 0 N–H and O–H groups in total. The van der Waals surface area contributed by atoms with E-state index in [1.165, 1.54) is 0 Å². The second kappa shape index (κ2) is 4.45. The van der Waals surface area contributed by atoms with Crippen molar-refractivity contribution in [2.24, 2.45) is 11.8 Å². The number of ether oxygens (including phenoxy) is 1. The van der Waals surface area contributed by atoms with Crippen molar-refractivity contribution in [3.63, 3.8) is 0 Å². The highest BCUT2D eigenvalue weighted by Crippen LogP contribution is 2.26. The largest absolute Gasteiger partial charge is 0.458 e. The van der Waals surface area contributed by atoms with Gasteiger partial charge in [0.25, 0.3) is 0 Å². The van der Waals surface area contributed by atoms with E-state index < -0.39 is 0 Å². The first kappa shape index (κ1) is 10.3. The lowest BCUT2D eigenvalue weighted by molar-refractivity contribution is -0.160. The number of hydrogen-bond donors (Lipinski definition) is 0. The van der Waals surface area contributed by atoms with Crippen LogP contribution in [0, 0.1) is 11.8 Å². The minimum Gasteiger partial charge on any atom is -0.458 e. The summed E-state index contributed by atoms with van der Waals surface area (Å²) in [6.07, 6.45) is 6.01. The third-order valence-electron chi connectivity index (χ3n) is 2.50. The van der Waals surface area contributed by atoms with Gasteiger partial charge in [-0.2, -0.15) is 0 Å². The lowest BCUT2D eigenvalue weighted by Crippen LogP contribution is -2.34. The molecule has 1 aliphatic heterocycles. The Labute approximate surface area is 80.0 Å². The molecular weight excluding hydrogens is 164 g/mol. The maximum absolute atomic E-state index is 11.3. The van der Waals surface area contributed by atoms with Crippen LogP contribution in [0.4, 0.5) is 0 Å². The molecule has 74 valence electrons. The Balaban J connectivity index is 2.56. The van der Waals surface area contributed by atoms with Crippen molar-refractivity contribution in [1.29, 1.82) is 0 Å². The molecule has 0 aromatic rings. The topological polar surface area (TPSA) is 26.3 Å². The van der Waals surface area contributed by atoms with E-state index in [9.17, 15) is 4.79 Å². The average molecular weight is 182 g/mol. The molecule has 0 amide bonds. The highest BCUT2D eigenvalue weighted by atomic mass is 16.5. The van der Waals surface area contributed by atoms with Crippen LogP contribution in [0.15, 0.2) is 12.2 Å². The van der Waals surface area contributed by atoms with E-state index in [0.29, 0.717) is 5.92 Å². The zero-order valence-electron chi connectivity index (χ0n) is 8.62. The smallest absolute Gasteiger partial charge is 0.309 e. The maximum Gasteiger partial charge on any atom is 0.309 e. The summed E-state index contributed by atoms with van der Waals surface area (Å²) >= 11 is 0. The molecule has 1 aliphatic rings. The summed E-state index contributed by atoms with van der Waals surface area (Å²) in [5.74, 6) is 0.473. The SMILES string of the molecule is CC/C=C\C1OC(=O)[C@H](C)C[C@H]1C. The first-order valence-electron chi connectivity index (χ1n) is 5.02. The van der Waals surface area contributed by atoms with Crippen molar-refractivity contribution in [3.05, 3.63) is 12.2 Å². The van der Waals surface area contributed by atoms with E-state index in [1.807, 2.05) is 13.0 Å². The summed E-state index contributed by atoms with van der Waals surface area (Å²) in [5.41, 5.74) is 0. The molecule has 2 nitrogen and oxygen atoms in total. The average Bonchev–Trinajstić information content (AvgIpc) is 2.09. The Hall–Kier alpha value is -0.790. The molecule has 0 aliphatic carbocycles. The van der Waals surface area contributed by atoms with E-state index in [0.717, 1.165) is 12.8 Å². The molecule has 3 atom stereocenters. The third kappa shape index (κ3) is 2.58. The van der Waals surface area contributed by atoms with E-state index in [4.69, 9.17) is 4.74 Å². The minimum atomic E-state index is -0.0520. The molecule has 0 saturated carbocycles. The molecule has 1 heterocycles. The molecule has 0 aromatic heterocycles. The predicted octanol–water partition coefficient (Wildman–Crippen LogP) is 2.54. The maximum atomic E-state index is 11.3. The van der Waals surface area contributed by atoms with Gasteiger partial charge in [-0.3, -0.25) is 4.79 Å².